The highest BCUT2D eigenvalue weighted by molar-refractivity contribution is 7.15. The SMILES string of the molecule is Cc1cnc(CNC(=O)c2cccc(OCC3CC3)c2-c2ncc(C)s2)cn1. The van der Waals surface area contributed by atoms with Gasteiger partial charge in [-0.05, 0) is 44.7 Å². The smallest absolute Gasteiger partial charge is 0.252 e. The lowest BCUT2D eigenvalue weighted by Gasteiger charge is -2.14. The number of aryl methyl sites for hydroxylation is 2. The van der Waals surface area contributed by atoms with E-state index in [-0.39, 0.29) is 5.91 Å². The molecular weight excluding hydrogens is 372 g/mol. The molecule has 1 amide bonds. The van der Waals surface area contributed by atoms with E-state index in [1.165, 1.54) is 12.8 Å². The Labute approximate surface area is 168 Å². The fraction of sp³-hybridized carbons (Fsp3) is 0.333. The standard InChI is InChI=1S/C21H22N4O2S/c1-13-8-23-16(10-22-13)11-24-20(26)17-4-3-5-18(27-12-15-6-7-15)19(17)21-25-9-14(2)28-21/h3-5,8-10,15H,6-7,11-12H2,1-2H3,(H,24,26). The van der Waals surface area contributed by atoms with Crippen molar-refractivity contribution >= 4 is 17.2 Å². The van der Waals surface area contributed by atoms with E-state index in [4.69, 9.17) is 4.74 Å². The van der Waals surface area contributed by atoms with Crippen LogP contribution in [0.15, 0.2) is 36.8 Å². The minimum absolute atomic E-state index is 0.179. The summed E-state index contributed by atoms with van der Waals surface area (Å²) in [5.74, 6) is 1.16. The maximum atomic E-state index is 13.0. The molecule has 3 aromatic rings. The molecule has 1 aromatic carbocycles. The zero-order chi connectivity index (χ0) is 19.5. The number of amides is 1. The molecule has 1 fully saturated rings. The molecule has 1 saturated carbocycles. The van der Waals surface area contributed by atoms with Crippen molar-refractivity contribution < 1.29 is 9.53 Å². The van der Waals surface area contributed by atoms with Crippen molar-refractivity contribution in [3.8, 4) is 16.3 Å². The third-order valence-corrected chi connectivity index (χ3v) is 5.47. The van der Waals surface area contributed by atoms with Crippen molar-refractivity contribution in [2.75, 3.05) is 6.61 Å². The molecule has 0 spiro atoms. The first kappa shape index (κ1) is 18.6. The minimum atomic E-state index is -0.179. The average Bonchev–Trinajstić information content (AvgIpc) is 3.44. The van der Waals surface area contributed by atoms with Gasteiger partial charge in [-0.3, -0.25) is 14.8 Å². The molecule has 0 aliphatic heterocycles. The molecule has 7 heteroatoms. The number of nitrogens with one attached hydrogen (secondary N) is 1. The van der Waals surface area contributed by atoms with Gasteiger partial charge in [-0.15, -0.1) is 11.3 Å². The van der Waals surface area contributed by atoms with Gasteiger partial charge in [0.2, 0.25) is 0 Å². The number of nitrogens with zero attached hydrogens (tertiary/aromatic N) is 3. The number of aromatic nitrogens is 3. The van der Waals surface area contributed by atoms with Gasteiger partial charge in [-0.1, -0.05) is 6.07 Å². The number of thiazole rings is 1. The van der Waals surface area contributed by atoms with E-state index >= 15 is 0 Å². The summed E-state index contributed by atoms with van der Waals surface area (Å²) in [5, 5.41) is 3.73. The predicted molar refractivity (Wildman–Crippen MR) is 108 cm³/mol. The van der Waals surface area contributed by atoms with Crippen LogP contribution < -0.4 is 10.1 Å². The second kappa shape index (κ2) is 8.06. The van der Waals surface area contributed by atoms with Crippen LogP contribution in [0, 0.1) is 19.8 Å². The van der Waals surface area contributed by atoms with Crippen LogP contribution >= 0.6 is 11.3 Å². The van der Waals surface area contributed by atoms with E-state index in [0.29, 0.717) is 36.1 Å². The van der Waals surface area contributed by atoms with Gasteiger partial charge in [0.25, 0.3) is 5.91 Å². The summed E-state index contributed by atoms with van der Waals surface area (Å²) in [7, 11) is 0. The van der Waals surface area contributed by atoms with Crippen LogP contribution in [0.25, 0.3) is 10.6 Å². The Kier molecular flexibility index (Phi) is 5.34. The number of ether oxygens (including phenoxy) is 1. The van der Waals surface area contributed by atoms with Crippen LogP contribution in [0.2, 0.25) is 0 Å². The first-order chi connectivity index (χ1) is 13.6. The Morgan fingerprint density at radius 2 is 2.04 bits per heavy atom. The van der Waals surface area contributed by atoms with Crippen LogP contribution in [-0.2, 0) is 6.54 Å². The predicted octanol–water partition coefficient (Wildman–Crippen LogP) is 3.94. The van der Waals surface area contributed by atoms with Gasteiger partial charge in [0.05, 0.1) is 41.9 Å². The molecule has 0 bridgehead atoms. The highest BCUT2D eigenvalue weighted by Gasteiger charge is 2.24. The molecule has 0 radical (unpaired) electrons. The first-order valence-electron chi connectivity index (χ1n) is 9.34. The second-order valence-electron chi connectivity index (χ2n) is 7.04. The fourth-order valence-corrected chi connectivity index (χ4v) is 3.63. The van der Waals surface area contributed by atoms with E-state index in [9.17, 15) is 4.79 Å². The van der Waals surface area contributed by atoms with Gasteiger partial charge < -0.3 is 10.1 Å². The van der Waals surface area contributed by atoms with E-state index < -0.39 is 0 Å². The molecule has 0 saturated heterocycles. The van der Waals surface area contributed by atoms with Crippen molar-refractivity contribution in [1.29, 1.82) is 0 Å². The molecule has 0 unspecified atom stereocenters. The highest BCUT2D eigenvalue weighted by Crippen LogP contribution is 2.37. The number of benzene rings is 1. The van der Waals surface area contributed by atoms with Crippen LogP contribution in [0.4, 0.5) is 0 Å². The summed E-state index contributed by atoms with van der Waals surface area (Å²) in [6.07, 6.45) is 7.61. The summed E-state index contributed by atoms with van der Waals surface area (Å²) in [6.45, 7) is 4.88. The first-order valence-corrected chi connectivity index (χ1v) is 10.2. The van der Waals surface area contributed by atoms with E-state index in [0.717, 1.165) is 21.1 Å². The average molecular weight is 395 g/mol. The molecular formula is C21H22N4O2S. The van der Waals surface area contributed by atoms with Gasteiger partial charge in [0.1, 0.15) is 10.8 Å². The monoisotopic (exact) mass is 394 g/mol. The lowest BCUT2D eigenvalue weighted by Crippen LogP contribution is -2.24. The summed E-state index contributed by atoms with van der Waals surface area (Å²) in [4.78, 5) is 27.0. The zero-order valence-electron chi connectivity index (χ0n) is 15.9. The second-order valence-corrected chi connectivity index (χ2v) is 8.28. The molecule has 28 heavy (non-hydrogen) atoms. The van der Waals surface area contributed by atoms with Crippen molar-refractivity contribution in [3.05, 3.63) is 58.6 Å². The molecule has 0 atom stereocenters. The maximum Gasteiger partial charge on any atom is 0.252 e. The number of rotatable bonds is 7. The third-order valence-electron chi connectivity index (χ3n) is 4.54. The van der Waals surface area contributed by atoms with Gasteiger partial charge in [0.15, 0.2) is 0 Å². The van der Waals surface area contributed by atoms with Gasteiger partial charge in [-0.2, -0.15) is 0 Å². The lowest BCUT2D eigenvalue weighted by molar-refractivity contribution is 0.0950. The molecule has 144 valence electrons. The number of carbonyl (C=O) groups excluding carboxylic acids is 1. The summed E-state index contributed by atoms with van der Waals surface area (Å²) in [6, 6.07) is 5.58. The minimum Gasteiger partial charge on any atom is -0.493 e. The van der Waals surface area contributed by atoms with Gasteiger partial charge in [-0.25, -0.2) is 4.98 Å². The number of hydrogen-bond acceptors (Lipinski definition) is 6. The van der Waals surface area contributed by atoms with Crippen LogP contribution in [0.5, 0.6) is 5.75 Å². The molecule has 1 aliphatic carbocycles. The Bertz CT molecular complexity index is 980. The van der Waals surface area contributed by atoms with E-state index in [1.807, 2.05) is 38.2 Å². The molecule has 2 heterocycles. The Balaban J connectivity index is 1.59. The van der Waals surface area contributed by atoms with Crippen LogP contribution in [0.3, 0.4) is 0 Å². The van der Waals surface area contributed by atoms with Crippen LogP contribution in [0.1, 0.15) is 39.5 Å². The molecule has 1 N–H and O–H groups in total. The summed E-state index contributed by atoms with van der Waals surface area (Å²) < 4.78 is 6.06. The summed E-state index contributed by atoms with van der Waals surface area (Å²) in [5.41, 5.74) is 2.88. The van der Waals surface area contributed by atoms with E-state index in [2.05, 4.69) is 20.3 Å². The fourth-order valence-electron chi connectivity index (χ4n) is 2.80. The number of carbonyl (C=O) groups is 1. The summed E-state index contributed by atoms with van der Waals surface area (Å²) >= 11 is 1.56. The van der Waals surface area contributed by atoms with Crippen molar-refractivity contribution in [3.63, 3.8) is 0 Å². The highest BCUT2D eigenvalue weighted by atomic mass is 32.1. The van der Waals surface area contributed by atoms with Crippen LogP contribution in [-0.4, -0.2) is 27.5 Å². The zero-order valence-corrected chi connectivity index (χ0v) is 16.8. The molecule has 2 aromatic heterocycles. The topological polar surface area (TPSA) is 77.0 Å². The lowest BCUT2D eigenvalue weighted by atomic mass is 10.1. The van der Waals surface area contributed by atoms with Crippen molar-refractivity contribution in [2.24, 2.45) is 5.92 Å². The number of hydrogen-bond donors (Lipinski definition) is 1. The quantitative estimate of drug-likeness (QED) is 0.657. The van der Waals surface area contributed by atoms with E-state index in [1.54, 1.807) is 23.7 Å². The molecule has 4 rings (SSSR count). The van der Waals surface area contributed by atoms with Gasteiger partial charge >= 0.3 is 0 Å². The normalized spacial score (nSPS) is 13.4. The Hall–Kier alpha value is -2.80. The van der Waals surface area contributed by atoms with Gasteiger partial charge in [0, 0.05) is 17.3 Å². The Morgan fingerprint density at radius 1 is 1.18 bits per heavy atom. The molecule has 6 nitrogen and oxygen atoms in total. The van der Waals surface area contributed by atoms with Crippen molar-refractivity contribution in [2.45, 2.75) is 33.2 Å². The molecule has 1 aliphatic rings. The Morgan fingerprint density at radius 3 is 2.71 bits per heavy atom. The van der Waals surface area contributed by atoms with Crippen molar-refractivity contribution in [1.82, 2.24) is 20.3 Å². The maximum absolute atomic E-state index is 13.0. The third kappa shape index (κ3) is 4.36. The largest absolute Gasteiger partial charge is 0.493 e.